The number of likely N-dealkylation sites (N-methyl/N-ethyl adjacent to an activating group) is 1. The van der Waals surface area contributed by atoms with Crippen molar-refractivity contribution in [3.63, 3.8) is 0 Å². The van der Waals surface area contributed by atoms with Crippen LogP contribution in [0, 0.1) is 10.7 Å². The number of halogens is 1. The third-order valence-electron chi connectivity index (χ3n) is 3.67. The van der Waals surface area contributed by atoms with E-state index >= 15 is 0 Å². The Morgan fingerprint density at radius 3 is 2.68 bits per heavy atom. The third-order valence-corrected chi connectivity index (χ3v) is 3.67. The van der Waals surface area contributed by atoms with Gasteiger partial charge in [0, 0.05) is 26.2 Å². The van der Waals surface area contributed by atoms with Gasteiger partial charge in [-0.15, -0.1) is 4.91 Å². The van der Waals surface area contributed by atoms with Crippen molar-refractivity contribution < 1.29 is 4.39 Å². The molecule has 4 nitrogen and oxygen atoms in total. The molecule has 1 aliphatic rings. The smallest absolute Gasteiger partial charge is 0.155 e. The second-order valence-corrected chi connectivity index (χ2v) is 5.09. The number of nitroso groups, excluding NO2 is 1. The fraction of sp³-hybridized carbons (Fsp3) is 0.571. The van der Waals surface area contributed by atoms with Crippen molar-refractivity contribution >= 4 is 5.69 Å². The Labute approximate surface area is 113 Å². The van der Waals surface area contributed by atoms with E-state index in [1.807, 2.05) is 0 Å². The molecular formula is C14H20FN3O. The molecule has 1 aromatic rings. The molecule has 0 atom stereocenters. The molecular weight excluding hydrogens is 245 g/mol. The molecule has 1 aliphatic heterocycles. The number of benzene rings is 1. The lowest BCUT2D eigenvalue weighted by Crippen LogP contribution is -2.44. The molecule has 0 N–H and O–H groups in total. The molecule has 0 unspecified atom stereocenters. The van der Waals surface area contributed by atoms with Gasteiger partial charge < -0.3 is 9.80 Å². The van der Waals surface area contributed by atoms with Gasteiger partial charge in [0.05, 0.1) is 0 Å². The quantitative estimate of drug-likeness (QED) is 0.767. The molecule has 19 heavy (non-hydrogen) atoms. The average Bonchev–Trinajstić information content (AvgIpc) is 2.43. The van der Waals surface area contributed by atoms with E-state index < -0.39 is 5.82 Å². The second-order valence-electron chi connectivity index (χ2n) is 5.09. The Morgan fingerprint density at radius 1 is 1.26 bits per heavy atom. The first-order chi connectivity index (χ1) is 9.20. The number of rotatable bonds is 5. The third kappa shape index (κ3) is 3.81. The van der Waals surface area contributed by atoms with E-state index in [-0.39, 0.29) is 5.69 Å². The number of aryl methyl sites for hydroxylation is 1. The molecule has 1 heterocycles. The summed E-state index contributed by atoms with van der Waals surface area (Å²) in [4.78, 5) is 15.1. The first-order valence-electron chi connectivity index (χ1n) is 6.72. The van der Waals surface area contributed by atoms with E-state index in [0.29, 0.717) is 12.0 Å². The van der Waals surface area contributed by atoms with E-state index in [9.17, 15) is 9.30 Å². The summed E-state index contributed by atoms with van der Waals surface area (Å²) in [6.45, 7) is 5.33. The van der Waals surface area contributed by atoms with Gasteiger partial charge in [0.2, 0.25) is 0 Å². The summed E-state index contributed by atoms with van der Waals surface area (Å²) in [6, 6.07) is 4.82. The number of hydrogen-bond donors (Lipinski definition) is 0. The minimum atomic E-state index is -0.462. The Bertz CT molecular complexity index is 431. The van der Waals surface area contributed by atoms with Crippen LogP contribution in [-0.2, 0) is 6.42 Å². The van der Waals surface area contributed by atoms with Crippen molar-refractivity contribution in [2.45, 2.75) is 12.8 Å². The van der Waals surface area contributed by atoms with Gasteiger partial charge in [0.25, 0.3) is 0 Å². The molecule has 104 valence electrons. The molecule has 0 radical (unpaired) electrons. The van der Waals surface area contributed by atoms with Gasteiger partial charge in [-0.25, -0.2) is 4.39 Å². The summed E-state index contributed by atoms with van der Waals surface area (Å²) >= 11 is 0. The van der Waals surface area contributed by atoms with Crippen molar-refractivity contribution in [2.24, 2.45) is 5.18 Å². The molecule has 0 aromatic heterocycles. The zero-order valence-corrected chi connectivity index (χ0v) is 11.3. The molecule has 0 saturated carbocycles. The lowest BCUT2D eigenvalue weighted by Gasteiger charge is -2.32. The Hall–Kier alpha value is -1.33. The van der Waals surface area contributed by atoms with Crippen LogP contribution in [0.3, 0.4) is 0 Å². The van der Waals surface area contributed by atoms with Crippen LogP contribution in [0.25, 0.3) is 0 Å². The van der Waals surface area contributed by atoms with E-state index in [2.05, 4.69) is 22.0 Å². The first-order valence-corrected chi connectivity index (χ1v) is 6.72. The van der Waals surface area contributed by atoms with Crippen LogP contribution in [0.1, 0.15) is 12.0 Å². The summed E-state index contributed by atoms with van der Waals surface area (Å²) in [6.07, 6.45) is 1.56. The van der Waals surface area contributed by atoms with Crippen LogP contribution >= 0.6 is 0 Å². The Balaban J connectivity index is 1.81. The fourth-order valence-electron chi connectivity index (χ4n) is 2.39. The topological polar surface area (TPSA) is 35.9 Å². The highest BCUT2D eigenvalue weighted by atomic mass is 19.1. The van der Waals surface area contributed by atoms with E-state index in [1.165, 1.54) is 6.07 Å². The molecule has 0 bridgehead atoms. The lowest BCUT2D eigenvalue weighted by atomic mass is 10.1. The van der Waals surface area contributed by atoms with Crippen LogP contribution < -0.4 is 0 Å². The van der Waals surface area contributed by atoms with E-state index in [0.717, 1.165) is 39.1 Å². The zero-order chi connectivity index (χ0) is 13.7. The Kier molecular flexibility index (Phi) is 4.99. The lowest BCUT2D eigenvalue weighted by molar-refractivity contribution is 0.153. The van der Waals surface area contributed by atoms with Gasteiger partial charge >= 0.3 is 0 Å². The molecule has 0 amide bonds. The zero-order valence-electron chi connectivity index (χ0n) is 11.3. The van der Waals surface area contributed by atoms with E-state index in [1.54, 1.807) is 12.1 Å². The van der Waals surface area contributed by atoms with Gasteiger partial charge in [-0.2, -0.15) is 0 Å². The number of nitrogens with zero attached hydrogens (tertiary/aromatic N) is 3. The van der Waals surface area contributed by atoms with Crippen molar-refractivity contribution in [3.05, 3.63) is 34.5 Å². The van der Waals surface area contributed by atoms with Crippen LogP contribution in [0.4, 0.5) is 10.1 Å². The molecule has 2 rings (SSSR count). The van der Waals surface area contributed by atoms with Crippen LogP contribution in [0.5, 0.6) is 0 Å². The molecule has 0 spiro atoms. The predicted molar refractivity (Wildman–Crippen MR) is 74.1 cm³/mol. The maximum atomic E-state index is 13.8. The highest BCUT2D eigenvalue weighted by Gasteiger charge is 2.14. The minimum Gasteiger partial charge on any atom is -0.304 e. The van der Waals surface area contributed by atoms with Crippen molar-refractivity contribution in [3.8, 4) is 0 Å². The average molecular weight is 265 g/mol. The molecule has 1 aromatic carbocycles. The minimum absolute atomic E-state index is 0.0860. The van der Waals surface area contributed by atoms with Gasteiger partial charge in [0.15, 0.2) is 5.82 Å². The summed E-state index contributed by atoms with van der Waals surface area (Å²) < 4.78 is 13.8. The van der Waals surface area contributed by atoms with Crippen LogP contribution in [0.15, 0.2) is 23.4 Å². The van der Waals surface area contributed by atoms with Gasteiger partial charge in [-0.1, -0.05) is 12.1 Å². The standard InChI is InChI=1S/C14H20FN3O/c1-17-8-10-18(11-9-17)7-3-5-12-4-2-6-13(16-19)14(12)15/h2,4,6H,3,5,7-11H2,1H3. The Morgan fingerprint density at radius 2 is 2.00 bits per heavy atom. The molecule has 1 saturated heterocycles. The number of piperazine rings is 1. The molecule has 0 aliphatic carbocycles. The normalized spacial score (nSPS) is 17.6. The SMILES string of the molecule is CN1CCN(CCCc2cccc(N=O)c2F)CC1. The van der Waals surface area contributed by atoms with Gasteiger partial charge in [-0.05, 0) is 43.2 Å². The molecule has 1 fully saturated rings. The summed E-state index contributed by atoms with van der Waals surface area (Å²) in [5, 5.41) is 2.70. The van der Waals surface area contributed by atoms with Crippen molar-refractivity contribution in [1.82, 2.24) is 9.80 Å². The van der Waals surface area contributed by atoms with Gasteiger partial charge in [0.1, 0.15) is 5.69 Å². The molecule has 5 heteroatoms. The van der Waals surface area contributed by atoms with Gasteiger partial charge in [-0.3, -0.25) is 0 Å². The summed E-state index contributed by atoms with van der Waals surface area (Å²) in [5.74, 6) is -0.462. The largest absolute Gasteiger partial charge is 0.304 e. The summed E-state index contributed by atoms with van der Waals surface area (Å²) in [5.41, 5.74) is 0.503. The van der Waals surface area contributed by atoms with Crippen LogP contribution in [-0.4, -0.2) is 49.6 Å². The maximum absolute atomic E-state index is 13.8. The van der Waals surface area contributed by atoms with Crippen molar-refractivity contribution in [1.29, 1.82) is 0 Å². The summed E-state index contributed by atoms with van der Waals surface area (Å²) in [7, 11) is 2.13. The fourth-order valence-corrected chi connectivity index (χ4v) is 2.39. The highest BCUT2D eigenvalue weighted by molar-refractivity contribution is 5.42. The monoisotopic (exact) mass is 265 g/mol. The first kappa shape index (κ1) is 14.1. The number of hydrogen-bond acceptors (Lipinski definition) is 4. The van der Waals surface area contributed by atoms with Crippen molar-refractivity contribution in [2.75, 3.05) is 39.8 Å². The maximum Gasteiger partial charge on any atom is 0.155 e. The second kappa shape index (κ2) is 6.73. The predicted octanol–water partition coefficient (Wildman–Crippen LogP) is 2.40. The van der Waals surface area contributed by atoms with E-state index in [4.69, 9.17) is 0 Å². The highest BCUT2D eigenvalue weighted by Crippen LogP contribution is 2.21. The van der Waals surface area contributed by atoms with Crippen LogP contribution in [0.2, 0.25) is 0 Å².